The van der Waals surface area contributed by atoms with Crippen LogP contribution in [0.3, 0.4) is 0 Å². The van der Waals surface area contributed by atoms with Crippen LogP contribution in [-0.2, 0) is 13.9 Å². The lowest BCUT2D eigenvalue weighted by atomic mass is 9.95. The van der Waals surface area contributed by atoms with Gasteiger partial charge >= 0.3 is 5.97 Å². The van der Waals surface area contributed by atoms with Crippen LogP contribution in [0.1, 0.15) is 12.5 Å². The largest absolute Gasteiger partial charge is 0.481 e. The molecular formula is C11H10Cl2O3. The van der Waals surface area contributed by atoms with E-state index in [1.807, 2.05) is 0 Å². The van der Waals surface area contributed by atoms with Crippen molar-refractivity contribution in [1.82, 2.24) is 0 Å². The van der Waals surface area contributed by atoms with E-state index in [2.05, 4.69) is 0 Å². The van der Waals surface area contributed by atoms with Crippen LogP contribution in [0.4, 0.5) is 0 Å². The van der Waals surface area contributed by atoms with E-state index in [4.69, 9.17) is 28.3 Å². The highest BCUT2D eigenvalue weighted by Crippen LogP contribution is 2.41. The van der Waals surface area contributed by atoms with Crippen molar-refractivity contribution in [2.75, 3.05) is 0 Å². The average molecular weight is 261 g/mol. The Morgan fingerprint density at radius 3 is 2.12 bits per heavy atom. The molecule has 0 spiro atoms. The Labute approximate surface area is 103 Å². The smallest absolute Gasteiger partial charge is 0.317 e. The summed E-state index contributed by atoms with van der Waals surface area (Å²) in [7, 11) is 0. The summed E-state index contributed by atoms with van der Waals surface area (Å²) < 4.78 is -1.75. The zero-order valence-electron chi connectivity index (χ0n) is 8.48. The van der Waals surface area contributed by atoms with Crippen molar-refractivity contribution >= 4 is 35.0 Å². The van der Waals surface area contributed by atoms with E-state index in [-0.39, 0.29) is 0 Å². The molecule has 86 valence electrons. The van der Waals surface area contributed by atoms with Gasteiger partial charge < -0.3 is 5.11 Å². The van der Waals surface area contributed by atoms with Gasteiger partial charge in [-0.3, -0.25) is 9.59 Å². The molecule has 1 aromatic rings. The van der Waals surface area contributed by atoms with Gasteiger partial charge in [0.2, 0.25) is 0 Å². The Morgan fingerprint density at radius 2 is 1.75 bits per heavy atom. The molecule has 1 rings (SSSR count). The van der Waals surface area contributed by atoms with Crippen molar-refractivity contribution < 1.29 is 14.7 Å². The maximum Gasteiger partial charge on any atom is 0.317 e. The molecule has 1 aromatic carbocycles. The fraction of sp³-hybridized carbons (Fsp3) is 0.273. The molecule has 0 aliphatic heterocycles. The molecule has 0 aliphatic carbocycles. The number of aliphatic carboxylic acids is 1. The third-order valence-corrected chi connectivity index (χ3v) is 3.05. The Kier molecular flexibility index (Phi) is 3.94. The van der Waals surface area contributed by atoms with Gasteiger partial charge in [0.05, 0.1) is 0 Å². The molecule has 0 aromatic heterocycles. The standard InChI is InChI=1S/C11H10Cl2O3/c1-7(14)9(10(15)16)11(12,13)8-5-3-2-4-6-8/h2-6,9H,1H3,(H,15,16). The summed E-state index contributed by atoms with van der Waals surface area (Å²) >= 11 is 12.0. The quantitative estimate of drug-likeness (QED) is 0.669. The predicted molar refractivity (Wildman–Crippen MR) is 61.6 cm³/mol. The molecule has 3 nitrogen and oxygen atoms in total. The third-order valence-electron chi connectivity index (χ3n) is 2.17. The lowest BCUT2D eigenvalue weighted by Crippen LogP contribution is -2.35. The highest BCUT2D eigenvalue weighted by Gasteiger charge is 2.44. The minimum Gasteiger partial charge on any atom is -0.481 e. The zero-order chi connectivity index (χ0) is 12.3. The number of carbonyl (C=O) groups is 2. The van der Waals surface area contributed by atoms with E-state index in [0.717, 1.165) is 6.92 Å². The Morgan fingerprint density at radius 1 is 1.25 bits per heavy atom. The van der Waals surface area contributed by atoms with E-state index in [9.17, 15) is 9.59 Å². The van der Waals surface area contributed by atoms with E-state index < -0.39 is 22.0 Å². The average Bonchev–Trinajstić information content (AvgIpc) is 2.17. The van der Waals surface area contributed by atoms with Gasteiger partial charge in [0.15, 0.2) is 10.3 Å². The molecule has 0 bridgehead atoms. The highest BCUT2D eigenvalue weighted by molar-refractivity contribution is 6.50. The van der Waals surface area contributed by atoms with Crippen LogP contribution in [0.25, 0.3) is 0 Å². The number of benzene rings is 1. The number of ketones is 1. The number of carbonyl (C=O) groups excluding carboxylic acids is 1. The Hall–Kier alpha value is -1.06. The van der Waals surface area contributed by atoms with E-state index >= 15 is 0 Å². The highest BCUT2D eigenvalue weighted by atomic mass is 35.5. The summed E-state index contributed by atoms with van der Waals surface area (Å²) in [5.41, 5.74) is 0.390. The molecule has 16 heavy (non-hydrogen) atoms. The summed E-state index contributed by atoms with van der Waals surface area (Å²) in [6, 6.07) is 8.26. The monoisotopic (exact) mass is 260 g/mol. The number of carboxylic acid groups (broad SMARTS) is 1. The third kappa shape index (κ3) is 2.54. The number of rotatable bonds is 4. The lowest BCUT2D eigenvalue weighted by molar-refractivity contribution is -0.146. The molecule has 5 heteroatoms. The summed E-state index contributed by atoms with van der Waals surface area (Å²) in [5.74, 6) is -3.39. The number of hydrogen-bond donors (Lipinski definition) is 1. The van der Waals surface area contributed by atoms with Gasteiger partial charge in [-0.05, 0) is 12.5 Å². The number of alkyl halides is 2. The van der Waals surface area contributed by atoms with Crippen molar-refractivity contribution in [1.29, 1.82) is 0 Å². The topological polar surface area (TPSA) is 54.4 Å². The molecule has 0 amide bonds. The van der Waals surface area contributed by atoms with Gasteiger partial charge in [-0.15, -0.1) is 0 Å². The van der Waals surface area contributed by atoms with Gasteiger partial charge in [-0.1, -0.05) is 53.5 Å². The summed E-state index contributed by atoms with van der Waals surface area (Å²) in [6.07, 6.45) is 0. The zero-order valence-corrected chi connectivity index (χ0v) is 10.00. The van der Waals surface area contributed by atoms with Gasteiger partial charge in [0, 0.05) is 0 Å². The van der Waals surface area contributed by atoms with E-state index in [1.54, 1.807) is 30.3 Å². The van der Waals surface area contributed by atoms with Crippen LogP contribution in [0.2, 0.25) is 0 Å². The summed E-state index contributed by atoms with van der Waals surface area (Å²) in [5, 5.41) is 8.95. The second kappa shape index (κ2) is 4.85. The maximum absolute atomic E-state index is 11.3. The number of carboxylic acids is 1. The summed E-state index contributed by atoms with van der Waals surface area (Å²) in [4.78, 5) is 22.2. The molecule has 0 saturated heterocycles. The first kappa shape index (κ1) is 13.0. The molecule has 1 unspecified atom stereocenters. The minimum atomic E-state index is -1.75. The molecular weight excluding hydrogens is 251 g/mol. The van der Waals surface area contributed by atoms with Crippen molar-refractivity contribution in [2.45, 2.75) is 11.3 Å². The van der Waals surface area contributed by atoms with Crippen LogP contribution >= 0.6 is 23.2 Å². The molecule has 0 fully saturated rings. The van der Waals surface area contributed by atoms with Crippen LogP contribution in [0, 0.1) is 5.92 Å². The minimum absolute atomic E-state index is 0.390. The first-order chi connectivity index (χ1) is 7.37. The number of halogens is 2. The normalized spacial score (nSPS) is 13.2. The summed E-state index contributed by atoms with van der Waals surface area (Å²) in [6.45, 7) is 1.15. The van der Waals surface area contributed by atoms with Crippen molar-refractivity contribution in [3.8, 4) is 0 Å². The second-order valence-electron chi connectivity index (χ2n) is 3.37. The molecule has 0 heterocycles. The fourth-order valence-corrected chi connectivity index (χ4v) is 2.16. The predicted octanol–water partition coefficient (Wildman–Crippen LogP) is 2.61. The number of hydrogen-bond acceptors (Lipinski definition) is 2. The molecule has 0 saturated carbocycles. The molecule has 0 radical (unpaired) electrons. The SMILES string of the molecule is CC(=O)C(C(=O)O)C(Cl)(Cl)c1ccccc1. The Balaban J connectivity index is 3.18. The number of Topliss-reactive ketones (excluding diaryl/α,β-unsaturated/α-hetero) is 1. The van der Waals surface area contributed by atoms with Crippen molar-refractivity contribution in [2.24, 2.45) is 5.92 Å². The van der Waals surface area contributed by atoms with Gasteiger partial charge in [-0.25, -0.2) is 0 Å². The van der Waals surface area contributed by atoms with E-state index in [1.165, 1.54) is 0 Å². The Bertz CT molecular complexity index is 387. The molecule has 1 N–H and O–H groups in total. The first-order valence-corrected chi connectivity index (χ1v) is 5.29. The van der Waals surface area contributed by atoms with Gasteiger partial charge in [-0.2, -0.15) is 0 Å². The van der Waals surface area contributed by atoms with Crippen LogP contribution in [0.5, 0.6) is 0 Å². The van der Waals surface area contributed by atoms with Crippen LogP contribution in [-0.4, -0.2) is 16.9 Å². The fourth-order valence-electron chi connectivity index (χ4n) is 1.41. The van der Waals surface area contributed by atoms with Crippen molar-refractivity contribution in [3.05, 3.63) is 35.9 Å². The van der Waals surface area contributed by atoms with Gasteiger partial charge in [0.25, 0.3) is 0 Å². The van der Waals surface area contributed by atoms with E-state index in [0.29, 0.717) is 5.56 Å². The lowest BCUT2D eigenvalue weighted by Gasteiger charge is -2.25. The molecule has 1 atom stereocenters. The molecule has 0 aliphatic rings. The van der Waals surface area contributed by atoms with Crippen LogP contribution in [0.15, 0.2) is 30.3 Å². The maximum atomic E-state index is 11.3. The van der Waals surface area contributed by atoms with Crippen LogP contribution < -0.4 is 0 Å². The van der Waals surface area contributed by atoms with Gasteiger partial charge in [0.1, 0.15) is 5.78 Å². The van der Waals surface area contributed by atoms with Crippen molar-refractivity contribution in [3.63, 3.8) is 0 Å². The first-order valence-electron chi connectivity index (χ1n) is 4.54. The second-order valence-corrected chi connectivity index (χ2v) is 4.76.